The zero-order valence-corrected chi connectivity index (χ0v) is 9.90. The molecular weight excluding hydrogens is 299 g/mol. The van der Waals surface area contributed by atoms with E-state index in [1.54, 1.807) is 0 Å². The summed E-state index contributed by atoms with van der Waals surface area (Å²) in [6.45, 7) is 2.02. The molecule has 1 aromatic heterocycles. The predicted octanol–water partition coefficient (Wildman–Crippen LogP) is 1.91. The Kier molecular flexibility index (Phi) is 3.69. The molecule has 0 aliphatic carbocycles. The van der Waals surface area contributed by atoms with Crippen molar-refractivity contribution < 1.29 is 4.79 Å². The molecule has 3 nitrogen and oxygen atoms in total. The summed E-state index contributed by atoms with van der Waals surface area (Å²) in [5.41, 5.74) is 1.10. The minimum Gasteiger partial charge on any atom is -0.338 e. The summed E-state index contributed by atoms with van der Waals surface area (Å²) >= 11 is 3.54. The summed E-state index contributed by atoms with van der Waals surface area (Å²) in [7, 11) is 0. The highest BCUT2D eigenvalue weighted by molar-refractivity contribution is 14.1. The Balaban J connectivity index is 2.78. The molecule has 0 saturated heterocycles. The second-order valence-electron chi connectivity index (χ2n) is 2.40. The lowest BCUT2D eigenvalue weighted by Crippen LogP contribution is -2.23. The lowest BCUT2D eigenvalue weighted by molar-refractivity contribution is 0.0961. The quantitative estimate of drug-likeness (QED) is 0.670. The van der Waals surface area contributed by atoms with Crippen molar-refractivity contribution in [2.45, 2.75) is 6.92 Å². The van der Waals surface area contributed by atoms with Crippen LogP contribution >= 0.6 is 33.9 Å². The summed E-state index contributed by atoms with van der Waals surface area (Å²) in [4.78, 5) is 12.1. The molecule has 0 saturated carbocycles. The minimum absolute atomic E-state index is 0.0614. The number of nitrogens with one attached hydrogen (secondary N) is 1. The van der Waals surface area contributed by atoms with Crippen molar-refractivity contribution in [3.63, 3.8) is 0 Å². The third kappa shape index (κ3) is 2.42. The number of thiophene rings is 1. The van der Waals surface area contributed by atoms with Crippen LogP contribution in [0.5, 0.6) is 0 Å². The smallest absolute Gasteiger partial charge is 0.263 e. The van der Waals surface area contributed by atoms with E-state index in [9.17, 15) is 4.79 Å². The maximum Gasteiger partial charge on any atom is 0.263 e. The lowest BCUT2D eigenvalue weighted by atomic mass is 10.3. The molecule has 1 rings (SSSR count). The van der Waals surface area contributed by atoms with Crippen molar-refractivity contribution in [3.05, 3.63) is 19.4 Å². The Morgan fingerprint density at radius 1 is 1.85 bits per heavy atom. The molecule has 0 fully saturated rings. The molecule has 0 aliphatic heterocycles. The molecule has 0 atom stereocenters. The van der Waals surface area contributed by atoms with Crippen molar-refractivity contribution in [3.8, 4) is 6.07 Å². The first-order valence-electron chi connectivity index (χ1n) is 3.55. The Morgan fingerprint density at radius 3 is 3.00 bits per heavy atom. The van der Waals surface area contributed by atoms with Crippen LogP contribution < -0.4 is 5.32 Å². The Bertz CT molecular complexity index is 367. The normalized spacial score (nSPS) is 9.31. The van der Waals surface area contributed by atoms with Gasteiger partial charge in [-0.05, 0) is 40.5 Å². The van der Waals surface area contributed by atoms with Crippen LogP contribution in [0.2, 0.25) is 0 Å². The summed E-state index contributed by atoms with van der Waals surface area (Å²) in [5.74, 6) is -0.163. The molecule has 1 N–H and O–H groups in total. The summed E-state index contributed by atoms with van der Waals surface area (Å²) in [6, 6.07) is 1.86. The van der Waals surface area contributed by atoms with Gasteiger partial charge in [-0.1, -0.05) is 0 Å². The van der Waals surface area contributed by atoms with Crippen LogP contribution in [0, 0.1) is 21.8 Å². The number of aryl methyl sites for hydroxylation is 1. The Labute approximate surface area is 93.9 Å². The third-order valence-corrected chi connectivity index (χ3v) is 4.29. The van der Waals surface area contributed by atoms with E-state index in [4.69, 9.17) is 5.26 Å². The third-order valence-electron chi connectivity index (χ3n) is 1.43. The Hall–Kier alpha value is -0.610. The van der Waals surface area contributed by atoms with Gasteiger partial charge in [-0.25, -0.2) is 0 Å². The van der Waals surface area contributed by atoms with Crippen molar-refractivity contribution in [2.24, 2.45) is 0 Å². The molecule has 1 aromatic rings. The molecule has 0 aromatic carbocycles. The van der Waals surface area contributed by atoms with Gasteiger partial charge >= 0.3 is 0 Å². The SMILES string of the molecule is Cc1csc(C(=O)NCC#N)c1I. The molecule has 0 unspecified atom stereocenters. The van der Waals surface area contributed by atoms with Gasteiger partial charge in [0.1, 0.15) is 11.4 Å². The van der Waals surface area contributed by atoms with Crippen molar-refractivity contribution in [1.82, 2.24) is 5.32 Å². The molecule has 0 radical (unpaired) electrons. The predicted molar refractivity (Wildman–Crippen MR) is 59.7 cm³/mol. The standard InChI is InChI=1S/C8H7IN2OS/c1-5-4-13-7(6(5)9)8(12)11-3-2-10/h4H,3H2,1H3,(H,11,12). The fourth-order valence-electron chi connectivity index (χ4n) is 0.783. The second kappa shape index (κ2) is 4.58. The zero-order chi connectivity index (χ0) is 9.84. The lowest BCUT2D eigenvalue weighted by Gasteiger charge is -1.97. The highest BCUT2D eigenvalue weighted by atomic mass is 127. The van der Waals surface area contributed by atoms with E-state index < -0.39 is 0 Å². The largest absolute Gasteiger partial charge is 0.338 e. The summed E-state index contributed by atoms with van der Waals surface area (Å²) < 4.78 is 0.970. The monoisotopic (exact) mass is 306 g/mol. The molecule has 0 aliphatic rings. The average molecular weight is 306 g/mol. The fraction of sp³-hybridized carbons (Fsp3) is 0.250. The number of hydrogen-bond acceptors (Lipinski definition) is 3. The highest BCUT2D eigenvalue weighted by Crippen LogP contribution is 2.23. The van der Waals surface area contributed by atoms with Gasteiger partial charge in [0.15, 0.2) is 0 Å². The van der Waals surface area contributed by atoms with Gasteiger partial charge in [-0.2, -0.15) is 5.26 Å². The van der Waals surface area contributed by atoms with Crippen molar-refractivity contribution in [1.29, 1.82) is 5.26 Å². The van der Waals surface area contributed by atoms with Crippen LogP contribution in [0.3, 0.4) is 0 Å². The number of carbonyl (C=O) groups is 1. The molecule has 1 heterocycles. The molecule has 13 heavy (non-hydrogen) atoms. The van der Waals surface area contributed by atoms with E-state index in [0.29, 0.717) is 4.88 Å². The van der Waals surface area contributed by atoms with Crippen LogP contribution in [-0.4, -0.2) is 12.5 Å². The molecule has 0 spiro atoms. The van der Waals surface area contributed by atoms with E-state index in [1.807, 2.05) is 18.4 Å². The van der Waals surface area contributed by atoms with E-state index in [-0.39, 0.29) is 12.5 Å². The maximum absolute atomic E-state index is 11.4. The van der Waals surface area contributed by atoms with Gasteiger partial charge in [0, 0.05) is 3.57 Å². The number of nitriles is 1. The van der Waals surface area contributed by atoms with Crippen molar-refractivity contribution >= 4 is 39.8 Å². The van der Waals surface area contributed by atoms with Crippen molar-refractivity contribution in [2.75, 3.05) is 6.54 Å². The topological polar surface area (TPSA) is 52.9 Å². The van der Waals surface area contributed by atoms with Gasteiger partial charge in [0.2, 0.25) is 0 Å². The van der Waals surface area contributed by atoms with Crippen LogP contribution in [0.25, 0.3) is 0 Å². The molecule has 0 bridgehead atoms. The average Bonchev–Trinajstić information content (AvgIpc) is 2.44. The molecule has 5 heteroatoms. The summed E-state index contributed by atoms with van der Waals surface area (Å²) in [5, 5.41) is 12.7. The zero-order valence-electron chi connectivity index (χ0n) is 6.93. The van der Waals surface area contributed by atoms with Gasteiger partial charge in [0.25, 0.3) is 5.91 Å². The van der Waals surface area contributed by atoms with Crippen LogP contribution in [0.15, 0.2) is 5.38 Å². The highest BCUT2D eigenvalue weighted by Gasteiger charge is 2.12. The van der Waals surface area contributed by atoms with Gasteiger partial charge in [0.05, 0.1) is 6.07 Å². The van der Waals surface area contributed by atoms with E-state index in [2.05, 4.69) is 27.9 Å². The maximum atomic E-state index is 11.4. The number of hydrogen-bond donors (Lipinski definition) is 1. The number of amides is 1. The second-order valence-corrected chi connectivity index (χ2v) is 4.36. The first kappa shape index (κ1) is 10.5. The van der Waals surface area contributed by atoms with Gasteiger partial charge in [-0.15, -0.1) is 11.3 Å². The van der Waals surface area contributed by atoms with Gasteiger partial charge < -0.3 is 5.32 Å². The number of carbonyl (C=O) groups excluding carboxylic acids is 1. The van der Waals surface area contributed by atoms with Gasteiger partial charge in [-0.3, -0.25) is 4.79 Å². The first-order chi connectivity index (χ1) is 6.16. The number of halogens is 1. The van der Waals surface area contributed by atoms with Crippen LogP contribution in [-0.2, 0) is 0 Å². The van der Waals surface area contributed by atoms with E-state index in [1.165, 1.54) is 11.3 Å². The fourth-order valence-corrected chi connectivity index (χ4v) is 2.63. The number of nitrogens with zero attached hydrogens (tertiary/aromatic N) is 1. The molecule has 68 valence electrons. The van der Waals surface area contributed by atoms with E-state index in [0.717, 1.165) is 9.13 Å². The van der Waals surface area contributed by atoms with E-state index >= 15 is 0 Å². The number of rotatable bonds is 2. The summed E-state index contributed by atoms with van der Waals surface area (Å²) in [6.07, 6.45) is 0. The minimum atomic E-state index is -0.163. The van der Waals surface area contributed by atoms with Crippen LogP contribution in [0.1, 0.15) is 15.2 Å². The first-order valence-corrected chi connectivity index (χ1v) is 5.51. The molecule has 1 amide bonds. The Morgan fingerprint density at radius 2 is 2.54 bits per heavy atom. The molecular formula is C8H7IN2OS. The van der Waals surface area contributed by atoms with Crippen LogP contribution in [0.4, 0.5) is 0 Å².